The van der Waals surface area contributed by atoms with Gasteiger partial charge in [0.15, 0.2) is 9.84 Å². The molecule has 0 bridgehead atoms. The molecule has 3 heterocycles. The van der Waals surface area contributed by atoms with Crippen molar-refractivity contribution in [3.63, 3.8) is 0 Å². The van der Waals surface area contributed by atoms with Crippen LogP contribution in [0.1, 0.15) is 17.7 Å². The standard InChI is InChI=1S/C15H21N3O4S2/c19-14(9-12-3-8-24(20,21)11-12)17-16-10-13-1-2-15(23-13)18-4-6-22-7-5-18/h1-2,10,12H,3-9,11H2,(H,17,19)/b16-10-/t12-/m0/s1. The molecule has 1 aromatic heterocycles. The number of carbonyl (C=O) groups excluding carboxylic acids is 1. The Morgan fingerprint density at radius 3 is 2.92 bits per heavy atom. The van der Waals surface area contributed by atoms with E-state index in [9.17, 15) is 13.2 Å². The van der Waals surface area contributed by atoms with E-state index < -0.39 is 9.84 Å². The number of nitrogens with one attached hydrogen (secondary N) is 1. The summed E-state index contributed by atoms with van der Waals surface area (Å²) in [5, 5.41) is 5.14. The monoisotopic (exact) mass is 371 g/mol. The highest BCUT2D eigenvalue weighted by molar-refractivity contribution is 7.91. The van der Waals surface area contributed by atoms with Gasteiger partial charge < -0.3 is 9.64 Å². The smallest absolute Gasteiger partial charge is 0.240 e. The summed E-state index contributed by atoms with van der Waals surface area (Å²) in [4.78, 5) is 15.0. The van der Waals surface area contributed by atoms with Gasteiger partial charge in [0.2, 0.25) is 5.91 Å². The summed E-state index contributed by atoms with van der Waals surface area (Å²) in [7, 11) is -2.94. The molecule has 0 aromatic carbocycles. The molecule has 1 atom stereocenters. The van der Waals surface area contributed by atoms with E-state index in [4.69, 9.17) is 4.74 Å². The first-order valence-corrected chi connectivity index (χ1v) is 10.6. The van der Waals surface area contributed by atoms with Gasteiger partial charge in [0.1, 0.15) is 0 Å². The summed E-state index contributed by atoms with van der Waals surface area (Å²) < 4.78 is 28.1. The molecule has 0 unspecified atom stereocenters. The minimum atomic E-state index is -2.94. The highest BCUT2D eigenvalue weighted by Gasteiger charge is 2.29. The number of sulfone groups is 1. The van der Waals surface area contributed by atoms with E-state index in [-0.39, 0.29) is 29.8 Å². The predicted molar refractivity (Wildman–Crippen MR) is 94.5 cm³/mol. The van der Waals surface area contributed by atoms with E-state index in [2.05, 4.69) is 15.4 Å². The van der Waals surface area contributed by atoms with Crippen LogP contribution in [0.2, 0.25) is 0 Å². The van der Waals surface area contributed by atoms with E-state index in [0.29, 0.717) is 6.42 Å². The molecule has 2 saturated heterocycles. The maximum atomic E-state index is 11.8. The molecule has 0 saturated carbocycles. The number of morpholine rings is 1. The SMILES string of the molecule is O=C(C[C@@H]1CCS(=O)(=O)C1)N/N=C\c1ccc(N2CCOCC2)s1. The fraction of sp³-hybridized carbons (Fsp3) is 0.600. The van der Waals surface area contributed by atoms with Crippen LogP contribution in [0.3, 0.4) is 0 Å². The molecule has 0 aliphatic carbocycles. The number of hydrazone groups is 1. The summed E-state index contributed by atoms with van der Waals surface area (Å²) in [5.74, 6) is -0.0238. The van der Waals surface area contributed by atoms with Crippen molar-refractivity contribution >= 4 is 38.3 Å². The molecule has 2 aliphatic rings. The summed E-state index contributed by atoms with van der Waals surface area (Å²) in [6.45, 7) is 3.26. The van der Waals surface area contributed by atoms with Crippen LogP contribution < -0.4 is 10.3 Å². The van der Waals surface area contributed by atoms with Crippen LogP contribution in [0.5, 0.6) is 0 Å². The van der Waals surface area contributed by atoms with Gasteiger partial charge in [-0.2, -0.15) is 5.10 Å². The number of ether oxygens (including phenoxy) is 1. The van der Waals surface area contributed by atoms with Crippen molar-refractivity contribution in [2.24, 2.45) is 11.0 Å². The summed E-state index contributed by atoms with van der Waals surface area (Å²) in [6.07, 6.45) is 2.39. The van der Waals surface area contributed by atoms with Gasteiger partial charge >= 0.3 is 0 Å². The van der Waals surface area contributed by atoms with Gasteiger partial charge in [-0.05, 0) is 24.5 Å². The maximum absolute atomic E-state index is 11.8. The largest absolute Gasteiger partial charge is 0.378 e. The average Bonchev–Trinajstić information content (AvgIpc) is 3.15. The van der Waals surface area contributed by atoms with Crippen molar-refractivity contribution in [2.75, 3.05) is 42.7 Å². The molecule has 7 nitrogen and oxygen atoms in total. The van der Waals surface area contributed by atoms with E-state index in [1.807, 2.05) is 12.1 Å². The number of amides is 1. The van der Waals surface area contributed by atoms with Crippen LogP contribution in [-0.2, 0) is 19.4 Å². The third-order valence-electron chi connectivity index (χ3n) is 4.12. The summed E-state index contributed by atoms with van der Waals surface area (Å²) in [5.41, 5.74) is 2.48. The molecule has 1 amide bonds. The normalized spacial score (nSPS) is 23.7. The van der Waals surface area contributed by atoms with E-state index >= 15 is 0 Å². The van der Waals surface area contributed by atoms with Crippen LogP contribution in [0.4, 0.5) is 5.00 Å². The lowest BCUT2D eigenvalue weighted by Gasteiger charge is -2.27. The molecule has 1 N–H and O–H groups in total. The Hall–Kier alpha value is -1.45. The quantitative estimate of drug-likeness (QED) is 0.613. The summed E-state index contributed by atoms with van der Waals surface area (Å²) in [6, 6.07) is 4.01. The van der Waals surface area contributed by atoms with Gasteiger partial charge in [0.25, 0.3) is 0 Å². The number of nitrogens with zero attached hydrogens (tertiary/aromatic N) is 2. The number of hydrogen-bond acceptors (Lipinski definition) is 7. The molecule has 3 rings (SSSR count). The lowest BCUT2D eigenvalue weighted by atomic mass is 10.1. The molecule has 2 fully saturated rings. The number of thiophene rings is 1. The zero-order valence-electron chi connectivity index (χ0n) is 13.3. The number of anilines is 1. The van der Waals surface area contributed by atoms with Crippen molar-refractivity contribution < 1.29 is 17.9 Å². The Kier molecular flexibility index (Phi) is 5.52. The second-order valence-electron chi connectivity index (χ2n) is 6.04. The zero-order chi connectivity index (χ0) is 17.0. The molecule has 9 heteroatoms. The van der Waals surface area contributed by atoms with Gasteiger partial charge in [0.05, 0.1) is 35.9 Å². The molecule has 1 aromatic rings. The molecule has 2 aliphatic heterocycles. The Balaban J connectivity index is 1.46. The van der Waals surface area contributed by atoms with Gasteiger partial charge in [-0.3, -0.25) is 4.79 Å². The second-order valence-corrected chi connectivity index (χ2v) is 9.36. The van der Waals surface area contributed by atoms with Crippen molar-refractivity contribution in [3.05, 3.63) is 17.0 Å². The van der Waals surface area contributed by atoms with Crippen LogP contribution in [0.15, 0.2) is 17.2 Å². The van der Waals surface area contributed by atoms with Gasteiger partial charge in [-0.1, -0.05) is 0 Å². The zero-order valence-corrected chi connectivity index (χ0v) is 14.9. The Morgan fingerprint density at radius 2 is 2.21 bits per heavy atom. The van der Waals surface area contributed by atoms with Gasteiger partial charge in [-0.15, -0.1) is 11.3 Å². The minimum Gasteiger partial charge on any atom is -0.378 e. The van der Waals surface area contributed by atoms with Gasteiger partial charge in [0, 0.05) is 24.4 Å². The lowest BCUT2D eigenvalue weighted by Crippen LogP contribution is -2.35. The number of rotatable bonds is 5. The van der Waals surface area contributed by atoms with Crippen LogP contribution >= 0.6 is 11.3 Å². The Bertz CT molecular complexity index is 708. The molecular weight excluding hydrogens is 350 g/mol. The Morgan fingerprint density at radius 1 is 1.42 bits per heavy atom. The number of carbonyl (C=O) groups is 1. The molecular formula is C15H21N3O4S2. The van der Waals surface area contributed by atoms with E-state index in [0.717, 1.165) is 31.2 Å². The fourth-order valence-corrected chi connectivity index (χ4v) is 5.67. The van der Waals surface area contributed by atoms with Crippen LogP contribution in [0.25, 0.3) is 0 Å². The van der Waals surface area contributed by atoms with E-state index in [1.54, 1.807) is 17.6 Å². The molecule has 24 heavy (non-hydrogen) atoms. The van der Waals surface area contributed by atoms with Crippen molar-refractivity contribution in [1.29, 1.82) is 0 Å². The predicted octanol–water partition coefficient (Wildman–Crippen LogP) is 0.860. The molecule has 0 spiro atoms. The van der Waals surface area contributed by atoms with Crippen molar-refractivity contribution in [3.8, 4) is 0 Å². The Labute approximate surface area is 145 Å². The van der Waals surface area contributed by atoms with Crippen LogP contribution in [0, 0.1) is 5.92 Å². The first kappa shape index (κ1) is 17.4. The third-order valence-corrected chi connectivity index (χ3v) is 7.03. The van der Waals surface area contributed by atoms with Crippen molar-refractivity contribution in [1.82, 2.24) is 5.43 Å². The number of hydrogen-bond donors (Lipinski definition) is 1. The average molecular weight is 371 g/mol. The third kappa shape index (κ3) is 4.78. The van der Waals surface area contributed by atoms with E-state index in [1.165, 1.54) is 5.00 Å². The first-order chi connectivity index (χ1) is 11.5. The van der Waals surface area contributed by atoms with Gasteiger partial charge in [-0.25, -0.2) is 13.8 Å². The second kappa shape index (κ2) is 7.62. The highest BCUT2D eigenvalue weighted by atomic mass is 32.2. The lowest BCUT2D eigenvalue weighted by molar-refractivity contribution is -0.121. The van der Waals surface area contributed by atoms with Crippen molar-refractivity contribution in [2.45, 2.75) is 12.8 Å². The summed E-state index contributed by atoms with van der Waals surface area (Å²) >= 11 is 1.61. The maximum Gasteiger partial charge on any atom is 0.240 e. The highest BCUT2D eigenvalue weighted by Crippen LogP contribution is 2.25. The fourth-order valence-electron chi connectivity index (χ4n) is 2.87. The topological polar surface area (TPSA) is 88.1 Å². The van der Waals surface area contributed by atoms with Crippen LogP contribution in [-0.4, -0.2) is 58.3 Å². The minimum absolute atomic E-state index is 0.0835. The molecule has 132 valence electrons. The first-order valence-electron chi connectivity index (χ1n) is 7.97. The molecule has 0 radical (unpaired) electrons.